The van der Waals surface area contributed by atoms with Gasteiger partial charge in [-0.15, -0.1) is 11.8 Å². The fourth-order valence-corrected chi connectivity index (χ4v) is 3.30. The minimum atomic E-state index is -0.00556. The van der Waals surface area contributed by atoms with E-state index in [-0.39, 0.29) is 11.9 Å². The van der Waals surface area contributed by atoms with Crippen molar-refractivity contribution in [3.8, 4) is 0 Å². The van der Waals surface area contributed by atoms with Gasteiger partial charge >= 0.3 is 0 Å². The van der Waals surface area contributed by atoms with Crippen LogP contribution >= 0.6 is 11.8 Å². The lowest BCUT2D eigenvalue weighted by atomic mass is 9.93. The van der Waals surface area contributed by atoms with Crippen molar-refractivity contribution in [2.75, 3.05) is 6.26 Å². The number of thioether (sulfide) groups is 1. The molecule has 0 saturated carbocycles. The Labute approximate surface area is 122 Å². The second-order valence-corrected chi connectivity index (χ2v) is 5.77. The standard InChI is InChI=1S/C16H17NO2S/c1-20-15-8-3-2-5-12(15)16(18)17-13-6-4-7-14-11(13)9-10-19-14/h2-3,5,8-10,13H,4,6-7H2,1H3,(H,17,18)/t13-/m0/s1. The molecule has 104 valence electrons. The van der Waals surface area contributed by atoms with Crippen molar-refractivity contribution in [3.05, 3.63) is 53.5 Å². The molecule has 1 aromatic heterocycles. The normalized spacial score (nSPS) is 17.6. The first-order valence-electron chi connectivity index (χ1n) is 6.79. The van der Waals surface area contributed by atoms with Gasteiger partial charge in [0.15, 0.2) is 0 Å². The van der Waals surface area contributed by atoms with Crippen molar-refractivity contribution in [1.29, 1.82) is 0 Å². The molecular formula is C16H17NO2S. The summed E-state index contributed by atoms with van der Waals surface area (Å²) in [6.45, 7) is 0. The Morgan fingerprint density at radius 3 is 3.05 bits per heavy atom. The van der Waals surface area contributed by atoms with Crippen molar-refractivity contribution < 1.29 is 9.21 Å². The molecule has 0 fully saturated rings. The summed E-state index contributed by atoms with van der Waals surface area (Å²) in [6, 6.07) is 9.75. The molecule has 3 nitrogen and oxygen atoms in total. The van der Waals surface area contributed by atoms with E-state index in [1.54, 1.807) is 18.0 Å². The van der Waals surface area contributed by atoms with Crippen LogP contribution in [0.3, 0.4) is 0 Å². The van der Waals surface area contributed by atoms with Crippen LogP contribution in [0.15, 0.2) is 45.9 Å². The molecule has 0 saturated heterocycles. The predicted molar refractivity (Wildman–Crippen MR) is 80.1 cm³/mol. The molecule has 20 heavy (non-hydrogen) atoms. The fourth-order valence-electron chi connectivity index (χ4n) is 2.70. The summed E-state index contributed by atoms with van der Waals surface area (Å²) in [5, 5.41) is 3.14. The van der Waals surface area contributed by atoms with Crippen molar-refractivity contribution in [2.45, 2.75) is 30.2 Å². The van der Waals surface area contributed by atoms with E-state index in [4.69, 9.17) is 4.42 Å². The maximum absolute atomic E-state index is 12.5. The van der Waals surface area contributed by atoms with Gasteiger partial charge in [-0.2, -0.15) is 0 Å². The number of benzene rings is 1. The summed E-state index contributed by atoms with van der Waals surface area (Å²) in [4.78, 5) is 13.5. The van der Waals surface area contributed by atoms with Gasteiger partial charge in [0.1, 0.15) is 5.76 Å². The van der Waals surface area contributed by atoms with Crippen LogP contribution in [0.2, 0.25) is 0 Å². The Morgan fingerprint density at radius 1 is 1.35 bits per heavy atom. The number of rotatable bonds is 3. The molecule has 0 bridgehead atoms. The van der Waals surface area contributed by atoms with Gasteiger partial charge < -0.3 is 9.73 Å². The fraction of sp³-hybridized carbons (Fsp3) is 0.312. The Morgan fingerprint density at radius 2 is 2.20 bits per heavy atom. The first-order valence-corrected chi connectivity index (χ1v) is 8.02. The zero-order valence-electron chi connectivity index (χ0n) is 11.4. The van der Waals surface area contributed by atoms with Crippen molar-refractivity contribution in [3.63, 3.8) is 0 Å². The van der Waals surface area contributed by atoms with Crippen LogP contribution in [0.25, 0.3) is 0 Å². The number of furan rings is 1. The van der Waals surface area contributed by atoms with Gasteiger partial charge in [-0.05, 0) is 37.3 Å². The van der Waals surface area contributed by atoms with E-state index < -0.39 is 0 Å². The molecule has 0 spiro atoms. The van der Waals surface area contributed by atoms with E-state index in [2.05, 4.69) is 5.32 Å². The van der Waals surface area contributed by atoms with Crippen molar-refractivity contribution >= 4 is 17.7 Å². The third-order valence-corrected chi connectivity index (χ3v) is 4.50. The molecule has 1 N–H and O–H groups in total. The van der Waals surface area contributed by atoms with Crippen LogP contribution in [0, 0.1) is 0 Å². The largest absolute Gasteiger partial charge is 0.469 e. The molecule has 0 radical (unpaired) electrons. The maximum atomic E-state index is 12.5. The lowest BCUT2D eigenvalue weighted by Gasteiger charge is -2.23. The highest BCUT2D eigenvalue weighted by molar-refractivity contribution is 7.98. The number of fused-ring (bicyclic) bond motifs is 1. The highest BCUT2D eigenvalue weighted by Gasteiger charge is 2.24. The van der Waals surface area contributed by atoms with E-state index in [0.29, 0.717) is 0 Å². The average Bonchev–Trinajstić information content (AvgIpc) is 2.96. The third kappa shape index (κ3) is 2.48. The first kappa shape index (κ1) is 13.3. The number of carbonyl (C=O) groups is 1. The van der Waals surface area contributed by atoms with Gasteiger partial charge in [-0.25, -0.2) is 0 Å². The van der Waals surface area contributed by atoms with E-state index in [0.717, 1.165) is 41.0 Å². The zero-order valence-corrected chi connectivity index (χ0v) is 12.2. The highest BCUT2D eigenvalue weighted by atomic mass is 32.2. The second-order valence-electron chi connectivity index (χ2n) is 4.92. The molecular weight excluding hydrogens is 270 g/mol. The molecule has 1 aliphatic carbocycles. The monoisotopic (exact) mass is 287 g/mol. The Balaban J connectivity index is 1.81. The summed E-state index contributed by atoms with van der Waals surface area (Å²) in [5.41, 5.74) is 1.88. The summed E-state index contributed by atoms with van der Waals surface area (Å²) in [5.74, 6) is 1.01. The SMILES string of the molecule is CSc1ccccc1C(=O)N[C@H]1CCCc2occc21. The van der Waals surface area contributed by atoms with Gasteiger partial charge in [0.2, 0.25) is 0 Å². The highest BCUT2D eigenvalue weighted by Crippen LogP contribution is 2.31. The topological polar surface area (TPSA) is 42.2 Å². The van der Waals surface area contributed by atoms with Gasteiger partial charge in [0.05, 0.1) is 17.9 Å². The number of hydrogen-bond donors (Lipinski definition) is 1. The molecule has 1 aromatic carbocycles. The lowest BCUT2D eigenvalue weighted by Crippen LogP contribution is -2.30. The number of amides is 1. The Bertz CT molecular complexity index is 620. The van der Waals surface area contributed by atoms with E-state index >= 15 is 0 Å². The zero-order chi connectivity index (χ0) is 13.9. The molecule has 1 aliphatic rings. The predicted octanol–water partition coefficient (Wildman–Crippen LogP) is 3.81. The van der Waals surface area contributed by atoms with Crippen LogP contribution in [0.5, 0.6) is 0 Å². The van der Waals surface area contributed by atoms with Crippen LogP contribution in [-0.4, -0.2) is 12.2 Å². The lowest BCUT2D eigenvalue weighted by molar-refractivity contribution is 0.0929. The molecule has 2 aromatic rings. The molecule has 3 rings (SSSR count). The summed E-state index contributed by atoms with van der Waals surface area (Å²) in [6.07, 6.45) is 6.69. The van der Waals surface area contributed by atoms with Crippen LogP contribution in [-0.2, 0) is 6.42 Å². The second kappa shape index (κ2) is 5.75. The summed E-state index contributed by atoms with van der Waals surface area (Å²) < 4.78 is 5.46. The maximum Gasteiger partial charge on any atom is 0.252 e. The van der Waals surface area contributed by atoms with E-state index in [1.807, 2.05) is 36.6 Å². The summed E-state index contributed by atoms with van der Waals surface area (Å²) >= 11 is 1.59. The van der Waals surface area contributed by atoms with Gasteiger partial charge in [-0.3, -0.25) is 4.79 Å². The van der Waals surface area contributed by atoms with Gasteiger partial charge in [-0.1, -0.05) is 12.1 Å². The molecule has 0 aliphatic heterocycles. The van der Waals surface area contributed by atoms with Gasteiger partial charge in [0.25, 0.3) is 5.91 Å². The molecule has 0 unspecified atom stereocenters. The number of aryl methyl sites for hydroxylation is 1. The van der Waals surface area contributed by atoms with Crippen molar-refractivity contribution in [1.82, 2.24) is 5.32 Å². The minimum absolute atomic E-state index is 0.00556. The van der Waals surface area contributed by atoms with E-state index in [9.17, 15) is 4.79 Å². The number of nitrogens with one attached hydrogen (secondary N) is 1. The quantitative estimate of drug-likeness (QED) is 0.873. The Kier molecular flexibility index (Phi) is 3.83. The first-order chi connectivity index (χ1) is 9.79. The Hall–Kier alpha value is -1.68. The van der Waals surface area contributed by atoms with Crippen LogP contribution in [0.1, 0.15) is 40.6 Å². The van der Waals surface area contributed by atoms with Crippen LogP contribution < -0.4 is 5.32 Å². The van der Waals surface area contributed by atoms with Gasteiger partial charge in [0, 0.05) is 16.9 Å². The summed E-state index contributed by atoms with van der Waals surface area (Å²) in [7, 11) is 0. The number of carbonyl (C=O) groups excluding carboxylic acids is 1. The average molecular weight is 287 g/mol. The third-order valence-electron chi connectivity index (χ3n) is 3.71. The van der Waals surface area contributed by atoms with Crippen LogP contribution in [0.4, 0.5) is 0 Å². The van der Waals surface area contributed by atoms with E-state index in [1.165, 1.54) is 0 Å². The molecule has 1 atom stereocenters. The molecule has 1 amide bonds. The number of hydrogen-bond acceptors (Lipinski definition) is 3. The minimum Gasteiger partial charge on any atom is -0.469 e. The van der Waals surface area contributed by atoms with Crippen molar-refractivity contribution in [2.24, 2.45) is 0 Å². The smallest absolute Gasteiger partial charge is 0.252 e. The molecule has 4 heteroatoms. The molecule has 1 heterocycles.